The quantitative estimate of drug-likeness (QED) is 0.281. The summed E-state index contributed by atoms with van der Waals surface area (Å²) in [4.78, 5) is 2.30. The summed E-state index contributed by atoms with van der Waals surface area (Å²) >= 11 is 0. The van der Waals surface area contributed by atoms with Crippen molar-refractivity contribution in [2.24, 2.45) is 0 Å². The van der Waals surface area contributed by atoms with Crippen LogP contribution in [0.15, 0.2) is 36.4 Å². The Morgan fingerprint density at radius 2 is 1.82 bits per heavy atom. The summed E-state index contributed by atoms with van der Waals surface area (Å²) < 4.78 is 53.7. The fraction of sp³-hybridized carbons (Fsp3) is 0.552. The summed E-state index contributed by atoms with van der Waals surface area (Å²) in [5.74, 6) is 0.346. The third-order valence-electron chi connectivity index (χ3n) is 6.33. The second-order valence-electron chi connectivity index (χ2n) is 9.58. The molecular weight excluding hydrogens is 495 g/mol. The van der Waals surface area contributed by atoms with Crippen molar-refractivity contribution in [1.29, 1.82) is 5.26 Å². The van der Waals surface area contributed by atoms with Crippen LogP contribution in [0.1, 0.15) is 49.8 Å². The molecule has 9 heteroatoms. The minimum Gasteiger partial charge on any atom is -0.488 e. The Morgan fingerprint density at radius 1 is 1.08 bits per heavy atom. The summed E-state index contributed by atoms with van der Waals surface area (Å²) in [6.07, 6.45) is 0.431. The number of hydrogen-bond donors (Lipinski definition) is 1. The van der Waals surface area contributed by atoms with Gasteiger partial charge in [-0.05, 0) is 61.9 Å². The molecule has 0 fully saturated rings. The number of ether oxygens (including phenoxy) is 3. The van der Waals surface area contributed by atoms with Crippen LogP contribution in [0.2, 0.25) is 0 Å². The summed E-state index contributed by atoms with van der Waals surface area (Å²) in [5, 5.41) is 13.2. The molecule has 38 heavy (non-hydrogen) atoms. The smallest absolute Gasteiger partial charge is 0.422 e. The van der Waals surface area contributed by atoms with E-state index in [4.69, 9.17) is 14.2 Å². The van der Waals surface area contributed by atoms with Crippen LogP contribution in [0.5, 0.6) is 11.5 Å². The minimum atomic E-state index is -4.41. The van der Waals surface area contributed by atoms with E-state index >= 15 is 0 Å². The highest BCUT2D eigenvalue weighted by atomic mass is 19.4. The van der Waals surface area contributed by atoms with E-state index in [1.165, 1.54) is 11.6 Å². The molecule has 0 spiro atoms. The monoisotopic (exact) mass is 533 g/mol. The van der Waals surface area contributed by atoms with Crippen LogP contribution in [-0.4, -0.2) is 58.3 Å². The summed E-state index contributed by atoms with van der Waals surface area (Å²) in [7, 11) is 0. The topological polar surface area (TPSA) is 66.8 Å². The average Bonchev–Trinajstić information content (AvgIpc) is 3.30. The van der Waals surface area contributed by atoms with Crippen molar-refractivity contribution < 1.29 is 27.4 Å². The second-order valence-corrected chi connectivity index (χ2v) is 9.58. The standard InChI is InChI=1S/C29H38F3N3O3/c1-3-4-14-36-15-7-12-35-13-10-24-18-23(19-25(20-33)28(24)35)17-22(2)34-11-16-37-26-8-5-6-9-27(26)38-21-29(30,31)32/h5-6,8-9,18-19,22,34H,3-4,7,10-17,21H2,1-2H3/t22-/m1/s1. The van der Waals surface area contributed by atoms with Crippen LogP contribution < -0.4 is 19.7 Å². The van der Waals surface area contributed by atoms with Gasteiger partial charge < -0.3 is 24.4 Å². The highest BCUT2D eigenvalue weighted by Gasteiger charge is 2.29. The molecule has 1 aliphatic rings. The molecule has 0 aliphatic carbocycles. The molecule has 0 aromatic heterocycles. The zero-order chi connectivity index (χ0) is 27.4. The van der Waals surface area contributed by atoms with Crippen LogP contribution in [0.3, 0.4) is 0 Å². The van der Waals surface area contributed by atoms with Crippen molar-refractivity contribution in [1.82, 2.24) is 5.32 Å². The van der Waals surface area contributed by atoms with Crippen molar-refractivity contribution in [3.8, 4) is 17.6 Å². The molecule has 1 heterocycles. The van der Waals surface area contributed by atoms with Crippen LogP contribution in [0, 0.1) is 11.3 Å². The maximum atomic E-state index is 12.5. The van der Waals surface area contributed by atoms with Crippen molar-refractivity contribution in [3.63, 3.8) is 0 Å². The molecule has 0 bridgehead atoms. The zero-order valence-electron chi connectivity index (χ0n) is 22.3. The lowest BCUT2D eigenvalue weighted by Crippen LogP contribution is -2.32. The number of unbranched alkanes of at least 4 members (excludes halogenated alkanes) is 1. The highest BCUT2D eigenvalue weighted by molar-refractivity contribution is 5.68. The highest BCUT2D eigenvalue weighted by Crippen LogP contribution is 2.33. The Morgan fingerprint density at radius 3 is 2.53 bits per heavy atom. The molecule has 2 aromatic carbocycles. The molecule has 1 aliphatic heterocycles. The first kappa shape index (κ1) is 29.6. The van der Waals surface area contributed by atoms with E-state index in [9.17, 15) is 18.4 Å². The van der Waals surface area contributed by atoms with Gasteiger partial charge in [0.25, 0.3) is 0 Å². The molecule has 1 N–H and O–H groups in total. The minimum absolute atomic E-state index is 0.0677. The Balaban J connectivity index is 1.46. The lowest BCUT2D eigenvalue weighted by molar-refractivity contribution is -0.153. The van der Waals surface area contributed by atoms with Crippen LogP contribution in [0.4, 0.5) is 18.9 Å². The third kappa shape index (κ3) is 9.41. The van der Waals surface area contributed by atoms with E-state index < -0.39 is 12.8 Å². The molecule has 6 nitrogen and oxygen atoms in total. The van der Waals surface area contributed by atoms with Crippen LogP contribution in [0.25, 0.3) is 0 Å². The van der Waals surface area contributed by atoms with Gasteiger partial charge in [-0.25, -0.2) is 0 Å². The van der Waals surface area contributed by atoms with E-state index in [-0.39, 0.29) is 24.1 Å². The van der Waals surface area contributed by atoms with Crippen molar-refractivity contribution >= 4 is 5.69 Å². The zero-order valence-corrected chi connectivity index (χ0v) is 22.3. The summed E-state index contributed by atoms with van der Waals surface area (Å²) in [6.45, 7) is 6.99. The number of nitrogens with one attached hydrogen (secondary N) is 1. The van der Waals surface area contributed by atoms with Crippen molar-refractivity contribution in [2.45, 2.75) is 58.2 Å². The Labute approximate surface area is 223 Å². The van der Waals surface area contributed by atoms with Gasteiger partial charge in [-0.1, -0.05) is 31.5 Å². The van der Waals surface area contributed by atoms with E-state index in [1.807, 2.05) is 6.07 Å². The molecule has 2 aromatic rings. The number of hydrogen-bond acceptors (Lipinski definition) is 6. The molecule has 1 atom stereocenters. The third-order valence-corrected chi connectivity index (χ3v) is 6.33. The Kier molecular flexibility index (Phi) is 11.6. The first-order valence-corrected chi connectivity index (χ1v) is 13.3. The normalized spacial score (nSPS) is 13.7. The van der Waals surface area contributed by atoms with Gasteiger partial charge in [0.15, 0.2) is 18.1 Å². The Bertz CT molecular complexity index is 1060. The molecule has 0 radical (unpaired) electrons. The number of alkyl halides is 3. The number of halogens is 3. The number of para-hydroxylation sites is 2. The van der Waals surface area contributed by atoms with Gasteiger partial charge >= 0.3 is 6.18 Å². The number of rotatable bonds is 16. The Hall–Kier alpha value is -2.96. The second kappa shape index (κ2) is 14.8. The number of fused-ring (bicyclic) bond motifs is 1. The predicted molar refractivity (Wildman–Crippen MR) is 142 cm³/mol. The maximum absolute atomic E-state index is 12.5. The van der Waals surface area contributed by atoms with Gasteiger partial charge in [-0.2, -0.15) is 18.4 Å². The largest absolute Gasteiger partial charge is 0.488 e. The number of nitrogens with zero attached hydrogens (tertiary/aromatic N) is 2. The van der Waals surface area contributed by atoms with Gasteiger partial charge in [0.1, 0.15) is 12.7 Å². The average molecular weight is 534 g/mol. The van der Waals surface area contributed by atoms with Gasteiger partial charge in [-0.15, -0.1) is 0 Å². The van der Waals surface area contributed by atoms with Crippen LogP contribution >= 0.6 is 0 Å². The van der Waals surface area contributed by atoms with Crippen molar-refractivity contribution in [2.75, 3.05) is 51.0 Å². The summed E-state index contributed by atoms with van der Waals surface area (Å²) in [6, 6.07) is 13.0. The maximum Gasteiger partial charge on any atom is 0.422 e. The molecule has 0 saturated carbocycles. The predicted octanol–water partition coefficient (Wildman–Crippen LogP) is 5.67. The molecule has 3 rings (SSSR count). The van der Waals surface area contributed by atoms with Crippen molar-refractivity contribution in [3.05, 3.63) is 53.1 Å². The number of nitriles is 1. The molecule has 0 unspecified atom stereocenters. The first-order valence-electron chi connectivity index (χ1n) is 13.3. The van der Waals surface area contributed by atoms with E-state index in [0.717, 1.165) is 69.7 Å². The fourth-order valence-corrected chi connectivity index (χ4v) is 4.56. The SMILES string of the molecule is CCCCOCCCN1CCc2cc(C[C@@H](C)NCCOc3ccccc3OCC(F)(F)F)cc(C#N)c21. The number of benzene rings is 2. The molecular formula is C29H38F3N3O3. The lowest BCUT2D eigenvalue weighted by atomic mass is 9.99. The molecule has 208 valence electrons. The van der Waals surface area contributed by atoms with Gasteiger partial charge in [0, 0.05) is 38.9 Å². The fourth-order valence-electron chi connectivity index (χ4n) is 4.56. The van der Waals surface area contributed by atoms with Gasteiger partial charge in [0.2, 0.25) is 0 Å². The van der Waals surface area contributed by atoms with E-state index in [2.05, 4.69) is 36.2 Å². The molecule has 0 saturated heterocycles. The van der Waals surface area contributed by atoms with Crippen LogP contribution in [-0.2, 0) is 17.6 Å². The van der Waals surface area contributed by atoms with Gasteiger partial charge in [0.05, 0.1) is 11.3 Å². The first-order chi connectivity index (χ1) is 18.3. The number of anilines is 1. The van der Waals surface area contributed by atoms with E-state index in [0.29, 0.717) is 12.1 Å². The van der Waals surface area contributed by atoms with E-state index in [1.54, 1.807) is 18.2 Å². The van der Waals surface area contributed by atoms with Gasteiger partial charge in [-0.3, -0.25) is 0 Å². The summed E-state index contributed by atoms with van der Waals surface area (Å²) in [5.41, 5.74) is 4.10. The molecule has 0 amide bonds. The lowest BCUT2D eigenvalue weighted by Gasteiger charge is -2.21.